The van der Waals surface area contributed by atoms with Crippen LogP contribution >= 0.6 is 12.2 Å². The van der Waals surface area contributed by atoms with Crippen molar-refractivity contribution >= 4 is 28.7 Å². The highest BCUT2D eigenvalue weighted by Crippen LogP contribution is 2.39. The van der Waals surface area contributed by atoms with Gasteiger partial charge in [0.2, 0.25) is 0 Å². The van der Waals surface area contributed by atoms with Crippen LogP contribution in [0.1, 0.15) is 17.3 Å². The summed E-state index contributed by atoms with van der Waals surface area (Å²) in [5, 5.41) is 14.7. The van der Waals surface area contributed by atoms with E-state index in [0.29, 0.717) is 17.3 Å². The zero-order chi connectivity index (χ0) is 22.0. The third-order valence-corrected chi connectivity index (χ3v) is 5.70. The first-order valence-corrected chi connectivity index (χ1v) is 10.1. The summed E-state index contributed by atoms with van der Waals surface area (Å²) in [5.41, 5.74) is 2.75. The Balaban J connectivity index is 1.69. The second kappa shape index (κ2) is 8.65. The van der Waals surface area contributed by atoms with Crippen molar-refractivity contribution in [3.8, 4) is 11.5 Å². The normalized spacial score (nSPS) is 15.2. The van der Waals surface area contributed by atoms with Crippen molar-refractivity contribution < 1.29 is 14.4 Å². The number of nitro groups is 1. The predicted molar refractivity (Wildman–Crippen MR) is 122 cm³/mol. The summed E-state index contributed by atoms with van der Waals surface area (Å²) in [5.74, 6) is 1.47. The van der Waals surface area contributed by atoms with E-state index in [0.717, 1.165) is 29.3 Å². The van der Waals surface area contributed by atoms with Crippen molar-refractivity contribution in [2.45, 2.75) is 12.6 Å². The van der Waals surface area contributed by atoms with Gasteiger partial charge in [-0.25, -0.2) is 0 Å². The van der Waals surface area contributed by atoms with Gasteiger partial charge in [0.15, 0.2) is 5.11 Å². The molecule has 0 amide bonds. The second-order valence-electron chi connectivity index (χ2n) is 7.06. The van der Waals surface area contributed by atoms with Gasteiger partial charge in [0, 0.05) is 48.4 Å². The molecule has 1 unspecified atom stereocenters. The molecule has 0 fully saturated rings. The topological polar surface area (TPSA) is 81.8 Å². The summed E-state index contributed by atoms with van der Waals surface area (Å²) in [7, 11) is 3.28. The van der Waals surface area contributed by atoms with Gasteiger partial charge < -0.3 is 24.3 Å². The van der Waals surface area contributed by atoms with E-state index in [9.17, 15) is 10.1 Å². The number of rotatable bonds is 5. The number of nitrogens with one attached hydrogen (secondary N) is 1. The molecule has 1 aromatic heterocycles. The predicted octanol–water partition coefficient (Wildman–Crippen LogP) is 4.22. The van der Waals surface area contributed by atoms with E-state index in [1.807, 2.05) is 24.3 Å². The minimum Gasteiger partial charge on any atom is -0.497 e. The second-order valence-corrected chi connectivity index (χ2v) is 7.45. The molecule has 0 bridgehead atoms. The fourth-order valence-electron chi connectivity index (χ4n) is 3.84. The molecule has 160 valence electrons. The maximum atomic E-state index is 10.9. The lowest BCUT2D eigenvalue weighted by Crippen LogP contribution is -2.44. The summed E-state index contributed by atoms with van der Waals surface area (Å²) in [4.78, 5) is 12.6. The number of methoxy groups -OCH3 is 2. The molecule has 1 aliphatic heterocycles. The number of non-ortho nitro benzene ring substituents is 1. The van der Waals surface area contributed by atoms with Crippen LogP contribution in [0, 0.1) is 10.1 Å². The Kier molecular flexibility index (Phi) is 5.77. The third kappa shape index (κ3) is 4.04. The van der Waals surface area contributed by atoms with Crippen LogP contribution in [-0.2, 0) is 6.54 Å². The van der Waals surface area contributed by atoms with Crippen LogP contribution in [0.4, 0.5) is 11.4 Å². The van der Waals surface area contributed by atoms with E-state index in [-0.39, 0.29) is 11.7 Å². The van der Waals surface area contributed by atoms with E-state index in [1.54, 1.807) is 26.4 Å². The average molecular weight is 439 g/mol. The van der Waals surface area contributed by atoms with Crippen LogP contribution in [-0.4, -0.2) is 40.3 Å². The monoisotopic (exact) mass is 438 g/mol. The van der Waals surface area contributed by atoms with Gasteiger partial charge in [0.05, 0.1) is 19.1 Å². The first kappa shape index (κ1) is 20.7. The van der Waals surface area contributed by atoms with Crippen molar-refractivity contribution in [1.29, 1.82) is 0 Å². The van der Waals surface area contributed by atoms with Gasteiger partial charge in [-0.3, -0.25) is 10.1 Å². The number of thiocarbonyl (C=S) groups is 1. The number of hydrogen-bond donors (Lipinski definition) is 1. The highest BCUT2D eigenvalue weighted by atomic mass is 32.1. The fraction of sp³-hybridized carbons (Fsp3) is 0.227. The Morgan fingerprint density at radius 2 is 1.90 bits per heavy atom. The smallest absolute Gasteiger partial charge is 0.269 e. The quantitative estimate of drug-likeness (QED) is 0.363. The van der Waals surface area contributed by atoms with Gasteiger partial charge in [0.1, 0.15) is 17.5 Å². The average Bonchev–Trinajstić information content (AvgIpc) is 3.27. The van der Waals surface area contributed by atoms with Crippen molar-refractivity contribution in [1.82, 2.24) is 9.47 Å². The molecule has 3 aromatic rings. The third-order valence-electron chi connectivity index (χ3n) is 5.36. The summed E-state index contributed by atoms with van der Waals surface area (Å²) >= 11 is 5.76. The largest absolute Gasteiger partial charge is 0.497 e. The number of nitrogens with zero attached hydrogens (tertiary/aromatic N) is 3. The molecule has 2 aromatic carbocycles. The van der Waals surface area contributed by atoms with E-state index in [1.165, 1.54) is 12.1 Å². The van der Waals surface area contributed by atoms with Gasteiger partial charge in [0.25, 0.3) is 5.69 Å². The molecule has 1 aliphatic rings. The highest BCUT2D eigenvalue weighted by Gasteiger charge is 2.33. The molecule has 0 saturated carbocycles. The molecule has 0 aliphatic carbocycles. The Bertz CT molecular complexity index is 1110. The Morgan fingerprint density at radius 1 is 1.13 bits per heavy atom. The first-order valence-electron chi connectivity index (χ1n) is 9.71. The zero-order valence-corrected chi connectivity index (χ0v) is 18.0. The van der Waals surface area contributed by atoms with Gasteiger partial charge in [-0.2, -0.15) is 0 Å². The van der Waals surface area contributed by atoms with Gasteiger partial charge >= 0.3 is 0 Å². The molecule has 1 N–H and O–H groups in total. The molecular formula is C22H22N4O4S. The number of ether oxygens (including phenoxy) is 2. The fourth-order valence-corrected chi connectivity index (χ4v) is 4.16. The van der Waals surface area contributed by atoms with Crippen molar-refractivity contribution in [2.24, 2.45) is 0 Å². The molecule has 0 radical (unpaired) electrons. The maximum Gasteiger partial charge on any atom is 0.269 e. The number of aromatic nitrogens is 1. The number of benzene rings is 2. The molecule has 4 rings (SSSR count). The van der Waals surface area contributed by atoms with Crippen LogP contribution in [0.3, 0.4) is 0 Å². The molecule has 2 heterocycles. The van der Waals surface area contributed by atoms with E-state index in [4.69, 9.17) is 21.7 Å². The van der Waals surface area contributed by atoms with Crippen LogP contribution < -0.4 is 14.8 Å². The lowest BCUT2D eigenvalue weighted by Gasteiger charge is -2.39. The van der Waals surface area contributed by atoms with E-state index < -0.39 is 4.92 Å². The number of fused-ring (bicyclic) bond motifs is 1. The molecule has 9 heteroatoms. The van der Waals surface area contributed by atoms with Crippen molar-refractivity contribution in [3.63, 3.8) is 0 Å². The lowest BCUT2D eigenvalue weighted by molar-refractivity contribution is -0.384. The number of nitro benzene ring substituents is 1. The SMILES string of the molecule is COc1ccc(OC)c(C2c3cccn3CCN2C(=S)Nc2ccc([N+](=O)[O-])cc2)c1. The standard InChI is InChI=1S/C22H22N4O4S/c1-29-17-9-10-20(30-2)18(14-17)21-19-4-3-11-24(19)12-13-25(21)22(31)23-15-5-7-16(8-6-15)26(27)28/h3-11,14,21H,12-13H2,1-2H3,(H,23,31). The van der Waals surface area contributed by atoms with Crippen LogP contribution in [0.25, 0.3) is 0 Å². The van der Waals surface area contributed by atoms with Crippen LogP contribution in [0.5, 0.6) is 11.5 Å². The molecular weight excluding hydrogens is 416 g/mol. The maximum absolute atomic E-state index is 10.9. The Morgan fingerprint density at radius 3 is 2.58 bits per heavy atom. The van der Waals surface area contributed by atoms with Gasteiger partial charge in [-0.1, -0.05) is 0 Å². The summed E-state index contributed by atoms with van der Waals surface area (Å²) in [6.07, 6.45) is 2.05. The Labute approximate surface area is 185 Å². The van der Waals surface area contributed by atoms with Crippen molar-refractivity contribution in [2.75, 3.05) is 26.1 Å². The van der Waals surface area contributed by atoms with Gasteiger partial charge in [-0.05, 0) is 54.7 Å². The molecule has 0 saturated heterocycles. The number of anilines is 1. The van der Waals surface area contributed by atoms with Crippen LogP contribution in [0.15, 0.2) is 60.8 Å². The number of hydrogen-bond acceptors (Lipinski definition) is 5. The molecule has 1 atom stereocenters. The highest BCUT2D eigenvalue weighted by molar-refractivity contribution is 7.80. The zero-order valence-electron chi connectivity index (χ0n) is 17.1. The minimum absolute atomic E-state index is 0.0336. The molecule has 8 nitrogen and oxygen atoms in total. The van der Waals surface area contributed by atoms with Crippen LogP contribution in [0.2, 0.25) is 0 Å². The van der Waals surface area contributed by atoms with Crippen molar-refractivity contribution in [3.05, 3.63) is 82.2 Å². The van der Waals surface area contributed by atoms with E-state index in [2.05, 4.69) is 27.0 Å². The molecule has 0 spiro atoms. The van der Waals surface area contributed by atoms with Gasteiger partial charge in [-0.15, -0.1) is 0 Å². The summed E-state index contributed by atoms with van der Waals surface area (Å²) < 4.78 is 13.3. The summed E-state index contributed by atoms with van der Waals surface area (Å²) in [6.45, 7) is 1.47. The Hall–Kier alpha value is -3.59. The van der Waals surface area contributed by atoms with E-state index >= 15 is 0 Å². The summed E-state index contributed by atoms with van der Waals surface area (Å²) in [6, 6.07) is 15.8. The minimum atomic E-state index is -0.425. The lowest BCUT2D eigenvalue weighted by atomic mass is 9.99. The first-order chi connectivity index (χ1) is 15.0. The molecule has 31 heavy (non-hydrogen) atoms.